The number of nitrogens with zero attached hydrogens (tertiary/aromatic N) is 1. The molecule has 3 N–H and O–H groups in total. The second-order valence-electron chi connectivity index (χ2n) is 7.63. The molecule has 4 amide bonds. The van der Waals surface area contributed by atoms with Crippen molar-refractivity contribution in [3.8, 4) is 0 Å². The van der Waals surface area contributed by atoms with E-state index in [1.165, 1.54) is 18.4 Å². The van der Waals surface area contributed by atoms with Crippen LogP contribution in [0.15, 0.2) is 29.8 Å². The smallest absolute Gasteiger partial charge is 0.321 e. The molecule has 1 aliphatic carbocycles. The summed E-state index contributed by atoms with van der Waals surface area (Å²) < 4.78 is 0. The first-order chi connectivity index (χ1) is 13.8. The molecule has 158 valence electrons. The number of carbonyl (C=O) groups is 3. The number of imide groups is 1. The molecule has 1 aliphatic rings. The summed E-state index contributed by atoms with van der Waals surface area (Å²) >= 11 is 0. The van der Waals surface area contributed by atoms with Gasteiger partial charge < -0.3 is 10.6 Å². The first-order valence-corrected chi connectivity index (χ1v) is 10.2. The van der Waals surface area contributed by atoms with Crippen LogP contribution in [0.1, 0.15) is 43.2 Å². The third-order valence-electron chi connectivity index (χ3n) is 5.08. The van der Waals surface area contributed by atoms with Crippen LogP contribution in [0, 0.1) is 13.8 Å². The third kappa shape index (κ3) is 8.07. The number of amides is 4. The number of hydrogen-bond acceptors (Lipinski definition) is 4. The first kappa shape index (κ1) is 22.6. The van der Waals surface area contributed by atoms with Crippen molar-refractivity contribution in [3.05, 3.63) is 41.0 Å². The van der Waals surface area contributed by atoms with Crippen LogP contribution in [0.2, 0.25) is 0 Å². The summed E-state index contributed by atoms with van der Waals surface area (Å²) in [6, 6.07) is 5.22. The summed E-state index contributed by atoms with van der Waals surface area (Å²) in [6.07, 6.45) is 7.72. The highest BCUT2D eigenvalue weighted by atomic mass is 16.2. The number of carbonyl (C=O) groups excluding carboxylic acids is 3. The Morgan fingerprint density at radius 1 is 1.07 bits per heavy atom. The molecule has 0 heterocycles. The Kier molecular flexibility index (Phi) is 8.86. The van der Waals surface area contributed by atoms with Crippen molar-refractivity contribution in [2.24, 2.45) is 0 Å². The predicted molar refractivity (Wildman–Crippen MR) is 115 cm³/mol. The van der Waals surface area contributed by atoms with Gasteiger partial charge in [-0.3, -0.25) is 19.8 Å². The second-order valence-corrected chi connectivity index (χ2v) is 7.63. The highest BCUT2D eigenvalue weighted by molar-refractivity contribution is 5.96. The lowest BCUT2D eigenvalue weighted by Crippen LogP contribution is -2.45. The Hall–Kier alpha value is -2.67. The van der Waals surface area contributed by atoms with Crippen molar-refractivity contribution in [2.45, 2.75) is 46.0 Å². The van der Waals surface area contributed by atoms with E-state index >= 15 is 0 Å². The molecule has 0 fully saturated rings. The van der Waals surface area contributed by atoms with E-state index in [0.29, 0.717) is 6.54 Å². The van der Waals surface area contributed by atoms with Gasteiger partial charge in [0.2, 0.25) is 11.8 Å². The molecule has 0 saturated carbocycles. The Balaban J connectivity index is 1.66. The molecule has 0 saturated heterocycles. The van der Waals surface area contributed by atoms with Crippen LogP contribution >= 0.6 is 0 Å². The highest BCUT2D eigenvalue weighted by Crippen LogP contribution is 2.19. The van der Waals surface area contributed by atoms with E-state index in [9.17, 15) is 14.4 Å². The summed E-state index contributed by atoms with van der Waals surface area (Å²) in [6.45, 7) is 4.46. The van der Waals surface area contributed by atoms with Gasteiger partial charge in [-0.15, -0.1) is 0 Å². The SMILES string of the molecule is Cc1cccc(NC(=O)CN(C)CC(=O)NC(=O)NCCC2=CCCCC2)c1C. The molecular weight excluding hydrogens is 368 g/mol. The Morgan fingerprint density at radius 2 is 1.83 bits per heavy atom. The van der Waals surface area contributed by atoms with Crippen LogP contribution in [-0.2, 0) is 9.59 Å². The summed E-state index contributed by atoms with van der Waals surface area (Å²) in [5.41, 5.74) is 4.25. The molecule has 0 radical (unpaired) electrons. The lowest BCUT2D eigenvalue weighted by molar-refractivity contribution is -0.122. The van der Waals surface area contributed by atoms with Crippen LogP contribution in [-0.4, -0.2) is 49.4 Å². The Labute approximate surface area is 172 Å². The zero-order valence-corrected chi connectivity index (χ0v) is 17.6. The average Bonchev–Trinajstić information content (AvgIpc) is 2.66. The van der Waals surface area contributed by atoms with Crippen LogP contribution in [0.3, 0.4) is 0 Å². The molecule has 1 aromatic rings. The van der Waals surface area contributed by atoms with E-state index in [4.69, 9.17) is 0 Å². The van der Waals surface area contributed by atoms with Gasteiger partial charge in [0.1, 0.15) is 0 Å². The van der Waals surface area contributed by atoms with Gasteiger partial charge in [-0.2, -0.15) is 0 Å². The monoisotopic (exact) mass is 400 g/mol. The van der Waals surface area contributed by atoms with E-state index in [-0.39, 0.29) is 19.0 Å². The zero-order valence-electron chi connectivity index (χ0n) is 17.6. The fraction of sp³-hybridized carbons (Fsp3) is 0.500. The quantitative estimate of drug-likeness (QED) is 0.585. The number of aryl methyl sites for hydroxylation is 1. The maximum atomic E-state index is 12.2. The molecule has 1 aromatic carbocycles. The Bertz CT molecular complexity index is 773. The van der Waals surface area contributed by atoms with Crippen molar-refractivity contribution in [3.63, 3.8) is 0 Å². The van der Waals surface area contributed by atoms with Crippen molar-refractivity contribution in [2.75, 3.05) is 32.0 Å². The lowest BCUT2D eigenvalue weighted by Gasteiger charge is -2.17. The standard InChI is InChI=1S/C22H32N4O3/c1-16-8-7-11-19(17(16)2)24-20(27)14-26(3)15-21(28)25-22(29)23-13-12-18-9-5-4-6-10-18/h7-9,11H,4-6,10,12-15H2,1-3H3,(H,24,27)(H2,23,25,28,29). The minimum absolute atomic E-state index is 0.0429. The number of anilines is 1. The number of likely N-dealkylation sites (N-methyl/N-ethyl adjacent to an activating group) is 1. The number of benzene rings is 1. The summed E-state index contributed by atoms with van der Waals surface area (Å²) in [7, 11) is 1.66. The molecule has 7 nitrogen and oxygen atoms in total. The molecular formula is C22H32N4O3. The molecule has 0 spiro atoms. The lowest BCUT2D eigenvalue weighted by atomic mass is 9.97. The number of nitrogens with one attached hydrogen (secondary N) is 3. The molecule has 7 heteroatoms. The van der Waals surface area contributed by atoms with E-state index < -0.39 is 11.9 Å². The minimum Gasteiger partial charge on any atom is -0.337 e. The van der Waals surface area contributed by atoms with Gasteiger partial charge in [0.15, 0.2) is 0 Å². The van der Waals surface area contributed by atoms with Gasteiger partial charge in [-0.25, -0.2) is 4.79 Å². The largest absolute Gasteiger partial charge is 0.337 e. The minimum atomic E-state index is -0.500. The van der Waals surface area contributed by atoms with Crippen LogP contribution in [0.5, 0.6) is 0 Å². The van der Waals surface area contributed by atoms with Crippen molar-refractivity contribution >= 4 is 23.5 Å². The molecule has 0 unspecified atom stereocenters. The van der Waals surface area contributed by atoms with E-state index in [0.717, 1.165) is 36.1 Å². The summed E-state index contributed by atoms with van der Waals surface area (Å²) in [5, 5.41) is 7.87. The second kappa shape index (κ2) is 11.4. The summed E-state index contributed by atoms with van der Waals surface area (Å²) in [5.74, 6) is -0.652. The molecule has 2 rings (SSSR count). The van der Waals surface area contributed by atoms with Gasteiger partial charge in [0.25, 0.3) is 0 Å². The maximum Gasteiger partial charge on any atom is 0.321 e. The number of allylic oxidation sites excluding steroid dienone is 1. The highest BCUT2D eigenvalue weighted by Gasteiger charge is 2.14. The molecule has 0 atom stereocenters. The predicted octanol–water partition coefficient (Wildman–Crippen LogP) is 2.89. The molecule has 0 aromatic heterocycles. The number of urea groups is 1. The van der Waals surface area contributed by atoms with E-state index in [1.807, 2.05) is 32.0 Å². The van der Waals surface area contributed by atoms with Crippen LogP contribution in [0.25, 0.3) is 0 Å². The number of rotatable bonds is 8. The van der Waals surface area contributed by atoms with Crippen molar-refractivity contribution in [1.29, 1.82) is 0 Å². The summed E-state index contributed by atoms with van der Waals surface area (Å²) in [4.78, 5) is 37.6. The van der Waals surface area contributed by atoms with Crippen LogP contribution in [0.4, 0.5) is 10.5 Å². The van der Waals surface area contributed by atoms with Gasteiger partial charge in [0, 0.05) is 12.2 Å². The first-order valence-electron chi connectivity index (χ1n) is 10.2. The van der Waals surface area contributed by atoms with Crippen molar-refractivity contribution < 1.29 is 14.4 Å². The fourth-order valence-corrected chi connectivity index (χ4v) is 3.30. The van der Waals surface area contributed by atoms with Crippen molar-refractivity contribution in [1.82, 2.24) is 15.5 Å². The van der Waals surface area contributed by atoms with E-state index in [2.05, 4.69) is 22.0 Å². The maximum absolute atomic E-state index is 12.2. The van der Waals surface area contributed by atoms with Gasteiger partial charge in [-0.1, -0.05) is 23.8 Å². The van der Waals surface area contributed by atoms with Gasteiger partial charge in [0.05, 0.1) is 13.1 Å². The Morgan fingerprint density at radius 3 is 2.55 bits per heavy atom. The van der Waals surface area contributed by atoms with Gasteiger partial charge in [-0.05, 0) is 70.2 Å². The topological polar surface area (TPSA) is 90.5 Å². The zero-order chi connectivity index (χ0) is 21.2. The van der Waals surface area contributed by atoms with E-state index in [1.54, 1.807) is 11.9 Å². The number of hydrogen-bond donors (Lipinski definition) is 3. The average molecular weight is 401 g/mol. The third-order valence-corrected chi connectivity index (χ3v) is 5.08. The molecule has 0 bridgehead atoms. The molecule has 0 aliphatic heterocycles. The molecule has 29 heavy (non-hydrogen) atoms. The van der Waals surface area contributed by atoms with Gasteiger partial charge >= 0.3 is 6.03 Å². The van der Waals surface area contributed by atoms with Crippen LogP contribution < -0.4 is 16.0 Å². The normalized spacial score (nSPS) is 13.6. The fourth-order valence-electron chi connectivity index (χ4n) is 3.30.